The van der Waals surface area contributed by atoms with Crippen molar-refractivity contribution in [2.45, 2.75) is 39.0 Å². The highest BCUT2D eigenvalue weighted by Gasteiger charge is 2.30. The van der Waals surface area contributed by atoms with Gasteiger partial charge in [-0.25, -0.2) is 0 Å². The van der Waals surface area contributed by atoms with Crippen molar-refractivity contribution in [3.05, 3.63) is 35.4 Å². The number of esters is 1. The first-order chi connectivity index (χ1) is 9.74. The third kappa shape index (κ3) is 5.75. The van der Waals surface area contributed by atoms with Crippen molar-refractivity contribution in [1.29, 1.82) is 0 Å². The van der Waals surface area contributed by atoms with Gasteiger partial charge < -0.3 is 10.1 Å². The second-order valence-electron chi connectivity index (χ2n) is 5.21. The number of rotatable bonds is 6. The molecule has 0 amide bonds. The van der Waals surface area contributed by atoms with Gasteiger partial charge in [0.25, 0.3) is 0 Å². The van der Waals surface area contributed by atoms with Crippen LogP contribution >= 0.6 is 0 Å². The summed E-state index contributed by atoms with van der Waals surface area (Å²) in [6.07, 6.45) is -4.16. The Labute approximate surface area is 122 Å². The molecule has 0 aromatic heterocycles. The summed E-state index contributed by atoms with van der Waals surface area (Å²) >= 11 is 0. The molecule has 0 aliphatic carbocycles. The van der Waals surface area contributed by atoms with Crippen LogP contribution in [0.3, 0.4) is 0 Å². The van der Waals surface area contributed by atoms with Gasteiger partial charge in [0.2, 0.25) is 0 Å². The first-order valence-corrected chi connectivity index (χ1v) is 6.70. The molecule has 0 radical (unpaired) electrons. The first-order valence-electron chi connectivity index (χ1n) is 6.70. The smallest absolute Gasteiger partial charge is 0.416 e. The van der Waals surface area contributed by atoms with Crippen LogP contribution < -0.4 is 5.32 Å². The van der Waals surface area contributed by atoms with Gasteiger partial charge in [0.15, 0.2) is 0 Å². The van der Waals surface area contributed by atoms with E-state index in [2.05, 4.69) is 10.1 Å². The highest BCUT2D eigenvalue weighted by molar-refractivity contribution is 5.69. The van der Waals surface area contributed by atoms with Crippen molar-refractivity contribution in [1.82, 2.24) is 5.32 Å². The van der Waals surface area contributed by atoms with Crippen LogP contribution in [0.5, 0.6) is 0 Å². The summed E-state index contributed by atoms with van der Waals surface area (Å²) in [6, 6.07) is 5.01. The third-order valence-electron chi connectivity index (χ3n) is 3.24. The lowest BCUT2D eigenvalue weighted by atomic mass is 10.0. The normalized spacial score (nSPS) is 13.3. The van der Waals surface area contributed by atoms with E-state index in [1.807, 2.05) is 13.8 Å². The van der Waals surface area contributed by atoms with Crippen molar-refractivity contribution in [2.24, 2.45) is 5.92 Å². The Bertz CT molecular complexity index is 472. The Morgan fingerprint density at radius 3 is 2.52 bits per heavy atom. The summed E-state index contributed by atoms with van der Waals surface area (Å²) in [5.41, 5.74) is -0.142. The van der Waals surface area contributed by atoms with Crippen LogP contribution in [0.15, 0.2) is 24.3 Å². The highest BCUT2D eigenvalue weighted by Crippen LogP contribution is 2.29. The van der Waals surface area contributed by atoms with Crippen LogP contribution in [0.2, 0.25) is 0 Å². The van der Waals surface area contributed by atoms with Gasteiger partial charge in [-0.2, -0.15) is 13.2 Å². The predicted octanol–water partition coefficient (Wildman–Crippen LogP) is 3.38. The molecule has 0 heterocycles. The third-order valence-corrected chi connectivity index (χ3v) is 3.24. The van der Waals surface area contributed by atoms with Crippen LogP contribution in [0, 0.1) is 5.92 Å². The molecule has 0 aliphatic rings. The van der Waals surface area contributed by atoms with Crippen molar-refractivity contribution in [3.8, 4) is 0 Å². The van der Waals surface area contributed by atoms with Crippen molar-refractivity contribution >= 4 is 5.97 Å². The number of hydrogen-bond donors (Lipinski definition) is 1. The summed E-state index contributed by atoms with van der Waals surface area (Å²) in [4.78, 5) is 11.3. The van der Waals surface area contributed by atoms with Gasteiger partial charge in [-0.1, -0.05) is 32.0 Å². The van der Waals surface area contributed by atoms with Gasteiger partial charge in [0.1, 0.15) is 0 Å². The summed E-state index contributed by atoms with van der Waals surface area (Å²) < 4.78 is 42.5. The molecule has 6 heteroatoms. The maximum absolute atomic E-state index is 12.6. The van der Waals surface area contributed by atoms with Gasteiger partial charge in [0.05, 0.1) is 19.1 Å². The van der Waals surface area contributed by atoms with Gasteiger partial charge in [0, 0.05) is 12.6 Å². The van der Waals surface area contributed by atoms with Gasteiger partial charge in [-0.3, -0.25) is 4.79 Å². The quantitative estimate of drug-likeness (QED) is 0.819. The van der Waals surface area contributed by atoms with Gasteiger partial charge >= 0.3 is 12.1 Å². The lowest BCUT2D eigenvalue weighted by Crippen LogP contribution is -2.35. The summed E-state index contributed by atoms with van der Waals surface area (Å²) in [5, 5.41) is 3.11. The molecular weight excluding hydrogens is 283 g/mol. The van der Waals surface area contributed by atoms with Crippen LogP contribution in [0.25, 0.3) is 0 Å². The SMILES string of the molecule is COC(=O)CC(NCc1cccc(C(F)(F)F)c1)C(C)C. The molecule has 1 rings (SSSR count). The fraction of sp³-hybridized carbons (Fsp3) is 0.533. The lowest BCUT2D eigenvalue weighted by Gasteiger charge is -2.21. The molecule has 1 unspecified atom stereocenters. The summed E-state index contributed by atoms with van der Waals surface area (Å²) in [6.45, 7) is 4.14. The zero-order valence-electron chi connectivity index (χ0n) is 12.3. The van der Waals surface area contributed by atoms with E-state index in [4.69, 9.17) is 0 Å². The largest absolute Gasteiger partial charge is 0.469 e. The highest BCUT2D eigenvalue weighted by atomic mass is 19.4. The van der Waals surface area contributed by atoms with Gasteiger partial charge in [-0.05, 0) is 17.5 Å². The zero-order chi connectivity index (χ0) is 16.0. The topological polar surface area (TPSA) is 38.3 Å². The number of hydrogen-bond acceptors (Lipinski definition) is 3. The average molecular weight is 303 g/mol. The number of benzene rings is 1. The van der Waals surface area contributed by atoms with Crippen molar-refractivity contribution in [3.63, 3.8) is 0 Å². The molecule has 0 saturated heterocycles. The number of nitrogens with one attached hydrogen (secondary N) is 1. The van der Waals surface area contributed by atoms with E-state index in [9.17, 15) is 18.0 Å². The Kier molecular flexibility index (Phi) is 6.20. The lowest BCUT2D eigenvalue weighted by molar-refractivity contribution is -0.141. The monoisotopic (exact) mass is 303 g/mol. The molecule has 1 aromatic carbocycles. The molecule has 0 saturated carbocycles. The number of carbonyl (C=O) groups excluding carboxylic acids is 1. The molecule has 1 N–H and O–H groups in total. The van der Waals surface area contributed by atoms with Crippen LogP contribution in [0.1, 0.15) is 31.4 Å². The maximum atomic E-state index is 12.6. The minimum atomic E-state index is -4.35. The summed E-state index contributed by atoms with van der Waals surface area (Å²) in [7, 11) is 1.31. The Morgan fingerprint density at radius 2 is 2.00 bits per heavy atom. The van der Waals surface area contributed by atoms with E-state index in [1.165, 1.54) is 13.2 Å². The second kappa shape index (κ2) is 7.45. The fourth-order valence-electron chi connectivity index (χ4n) is 1.91. The Balaban J connectivity index is 2.70. The molecular formula is C15H20F3NO2. The standard InChI is InChI=1S/C15H20F3NO2/c1-10(2)13(8-14(20)21-3)19-9-11-5-4-6-12(7-11)15(16,17)18/h4-7,10,13,19H,8-9H2,1-3H3. The Morgan fingerprint density at radius 1 is 1.33 bits per heavy atom. The number of ether oxygens (including phenoxy) is 1. The minimum Gasteiger partial charge on any atom is -0.469 e. The number of halogens is 3. The molecule has 0 fully saturated rings. The Hall–Kier alpha value is -1.56. The van der Waals surface area contributed by atoms with Crippen LogP contribution in [-0.2, 0) is 22.3 Å². The molecule has 0 spiro atoms. The molecule has 21 heavy (non-hydrogen) atoms. The van der Waals surface area contributed by atoms with E-state index in [-0.39, 0.29) is 30.9 Å². The van der Waals surface area contributed by atoms with E-state index >= 15 is 0 Å². The summed E-state index contributed by atoms with van der Waals surface area (Å²) in [5.74, 6) is -0.180. The van der Waals surface area contributed by atoms with E-state index in [0.717, 1.165) is 12.1 Å². The molecule has 1 atom stereocenters. The maximum Gasteiger partial charge on any atom is 0.416 e. The number of carbonyl (C=O) groups is 1. The molecule has 0 aliphatic heterocycles. The van der Waals surface area contributed by atoms with E-state index in [1.54, 1.807) is 6.07 Å². The molecule has 118 valence electrons. The number of alkyl halides is 3. The van der Waals surface area contributed by atoms with E-state index in [0.29, 0.717) is 5.56 Å². The van der Waals surface area contributed by atoms with E-state index < -0.39 is 11.7 Å². The molecule has 0 bridgehead atoms. The number of methoxy groups -OCH3 is 1. The predicted molar refractivity (Wildman–Crippen MR) is 73.5 cm³/mol. The van der Waals surface area contributed by atoms with Crippen molar-refractivity contribution < 1.29 is 22.7 Å². The van der Waals surface area contributed by atoms with Crippen LogP contribution in [-0.4, -0.2) is 19.1 Å². The fourth-order valence-corrected chi connectivity index (χ4v) is 1.91. The molecule has 1 aromatic rings. The minimum absolute atomic E-state index is 0.146. The van der Waals surface area contributed by atoms with Crippen molar-refractivity contribution in [2.75, 3.05) is 7.11 Å². The zero-order valence-corrected chi connectivity index (χ0v) is 12.3. The molecule has 3 nitrogen and oxygen atoms in total. The first kappa shape index (κ1) is 17.5. The van der Waals surface area contributed by atoms with Gasteiger partial charge in [-0.15, -0.1) is 0 Å². The van der Waals surface area contributed by atoms with Crippen LogP contribution in [0.4, 0.5) is 13.2 Å². The average Bonchev–Trinajstić information content (AvgIpc) is 2.42. The second-order valence-corrected chi connectivity index (χ2v) is 5.21.